The predicted octanol–water partition coefficient (Wildman–Crippen LogP) is 3.20. The summed E-state index contributed by atoms with van der Waals surface area (Å²) in [7, 11) is 0. The van der Waals surface area contributed by atoms with Crippen LogP contribution >= 0.6 is 24.0 Å². The van der Waals surface area contributed by atoms with Crippen LogP contribution in [0.25, 0.3) is 5.65 Å². The normalized spacial score (nSPS) is 11.1. The Morgan fingerprint density at radius 3 is 2.60 bits per heavy atom. The lowest BCUT2D eigenvalue weighted by Crippen LogP contribution is -2.35. The lowest BCUT2D eigenvalue weighted by atomic mass is 10.2. The van der Waals surface area contributed by atoms with E-state index in [4.69, 9.17) is 5.11 Å². The number of thiol groups is 1. The van der Waals surface area contributed by atoms with Gasteiger partial charge in [0, 0.05) is 23.2 Å². The number of carbonyl (C=O) groups excluding carboxylic acids is 2. The van der Waals surface area contributed by atoms with E-state index < -0.39 is 12.5 Å². The number of aliphatic hydroxyl groups excluding tert-OH is 1. The van der Waals surface area contributed by atoms with Gasteiger partial charge in [-0.2, -0.15) is 13.2 Å². The molecule has 0 saturated heterocycles. The maximum absolute atomic E-state index is 13.2. The van der Waals surface area contributed by atoms with E-state index in [9.17, 15) is 18.4 Å². The number of fused-ring (bicyclic) bond motifs is 1. The molecule has 0 aliphatic heterocycles. The number of carbonyl (C=O) groups is 2. The first kappa shape index (κ1) is 24.6. The van der Waals surface area contributed by atoms with Crippen molar-refractivity contribution in [1.29, 1.82) is 0 Å². The third kappa shape index (κ3) is 5.61. The molecule has 2 amide bonds. The molecular formula is C23H21F2N4O4S2+. The Hall–Kier alpha value is -3.48. The van der Waals surface area contributed by atoms with E-state index in [0.29, 0.717) is 28.5 Å². The van der Waals surface area contributed by atoms with Crippen molar-refractivity contribution < 1.29 is 32.8 Å². The number of nitrogens with zero attached hydrogens (tertiary/aromatic N) is 2. The number of hydrogen-bond donors (Lipinski definition) is 4. The molecule has 8 nitrogen and oxygen atoms in total. The van der Waals surface area contributed by atoms with Gasteiger partial charge in [-0.25, -0.2) is 4.57 Å². The molecule has 0 saturated carbocycles. The van der Waals surface area contributed by atoms with Crippen LogP contribution in [0.15, 0.2) is 65.1 Å². The Kier molecular flexibility index (Phi) is 7.63. The summed E-state index contributed by atoms with van der Waals surface area (Å²) < 4.78 is 32.5. The molecule has 0 aliphatic carbocycles. The molecule has 3 heterocycles. The summed E-state index contributed by atoms with van der Waals surface area (Å²) in [5.74, 6) is -0.861. The number of benzene rings is 1. The van der Waals surface area contributed by atoms with Crippen molar-refractivity contribution in [2.24, 2.45) is 0 Å². The van der Waals surface area contributed by atoms with Gasteiger partial charge in [0.1, 0.15) is 12.3 Å². The monoisotopic (exact) mass is 519 g/mol. The summed E-state index contributed by atoms with van der Waals surface area (Å²) in [6.07, 6.45) is 1.60. The molecule has 12 heteroatoms. The zero-order chi connectivity index (χ0) is 24.9. The van der Waals surface area contributed by atoms with Gasteiger partial charge in [0.25, 0.3) is 17.2 Å². The summed E-state index contributed by atoms with van der Waals surface area (Å²) in [5, 5.41) is 16.6. The van der Waals surface area contributed by atoms with Crippen molar-refractivity contribution in [3.8, 4) is 5.75 Å². The molecule has 4 aromatic rings. The van der Waals surface area contributed by atoms with Gasteiger partial charge in [0.2, 0.25) is 5.03 Å². The fraction of sp³-hybridized carbons (Fsp3) is 0.174. The third-order valence-electron chi connectivity index (χ3n) is 5.03. The van der Waals surface area contributed by atoms with Crippen molar-refractivity contribution in [3.63, 3.8) is 0 Å². The van der Waals surface area contributed by atoms with Crippen molar-refractivity contribution in [2.45, 2.75) is 18.2 Å². The number of rotatable bonds is 9. The molecule has 35 heavy (non-hydrogen) atoms. The summed E-state index contributed by atoms with van der Waals surface area (Å²) in [6.45, 7) is -2.58. The minimum Gasteiger partial charge on any atom is -0.435 e. The van der Waals surface area contributed by atoms with Crippen LogP contribution in [0.3, 0.4) is 0 Å². The highest BCUT2D eigenvalue weighted by molar-refractivity contribution is 7.80. The van der Waals surface area contributed by atoms with Gasteiger partial charge in [-0.05, 0) is 41.8 Å². The van der Waals surface area contributed by atoms with Crippen LogP contribution in [0, 0.1) is 0 Å². The minimum atomic E-state index is -2.94. The van der Waals surface area contributed by atoms with E-state index in [-0.39, 0.29) is 30.5 Å². The van der Waals surface area contributed by atoms with Gasteiger partial charge in [-0.3, -0.25) is 9.59 Å². The molecule has 0 radical (unpaired) electrons. The lowest BCUT2D eigenvalue weighted by Gasteiger charge is -2.06. The third-order valence-corrected chi connectivity index (χ3v) is 6.34. The molecule has 1 aromatic carbocycles. The number of aromatic nitrogens is 2. The zero-order valence-corrected chi connectivity index (χ0v) is 19.9. The molecule has 0 spiro atoms. The van der Waals surface area contributed by atoms with Crippen LogP contribution in [0.5, 0.6) is 5.75 Å². The van der Waals surface area contributed by atoms with Crippen LogP contribution in [0.1, 0.15) is 25.7 Å². The van der Waals surface area contributed by atoms with Crippen molar-refractivity contribution >= 4 is 47.1 Å². The van der Waals surface area contributed by atoms with Crippen LogP contribution in [0.2, 0.25) is 0 Å². The highest BCUT2D eigenvalue weighted by atomic mass is 32.1. The topological polar surface area (TPSA) is 96.0 Å². The first-order chi connectivity index (χ1) is 16.9. The summed E-state index contributed by atoms with van der Waals surface area (Å²) >= 11 is 6.18. The van der Waals surface area contributed by atoms with Gasteiger partial charge < -0.3 is 20.5 Å². The quantitative estimate of drug-likeness (QED) is 0.202. The molecule has 3 aromatic heterocycles. The molecule has 0 unspecified atom stereocenters. The SMILES string of the molecule is O=C(NCCO)c1ccn2c(C(=O)Nc3ccc(OC(F)F)cc3)c(S)[n+](Cc3cccs3)c2c1. The molecule has 0 fully saturated rings. The Bertz CT molecular complexity index is 1340. The Morgan fingerprint density at radius 2 is 1.94 bits per heavy atom. The van der Waals surface area contributed by atoms with Crippen molar-refractivity contribution in [1.82, 2.24) is 9.72 Å². The van der Waals surface area contributed by atoms with Crippen LogP contribution < -0.4 is 19.9 Å². The second kappa shape index (κ2) is 10.8. The average molecular weight is 520 g/mol. The predicted molar refractivity (Wildman–Crippen MR) is 129 cm³/mol. The second-order valence-electron chi connectivity index (χ2n) is 7.32. The standard InChI is InChI=1S/C23H20F2N4O4S2/c24-23(25)33-16-5-3-15(4-6-16)27-21(32)19-22(34)29(13-17-2-1-11-35-17)18-12-14(7-9-28(18)19)20(31)26-8-10-30/h1-7,9,11-12,23,30H,8,10,13H2,(H2-,26,27,31,32,34)/p+1. The number of ether oxygens (including phenoxy) is 1. The Labute approximate surface area is 208 Å². The van der Waals surface area contributed by atoms with Crippen molar-refractivity contribution in [3.05, 3.63) is 76.2 Å². The summed E-state index contributed by atoms with van der Waals surface area (Å²) in [4.78, 5) is 26.7. The van der Waals surface area contributed by atoms with Crippen LogP contribution in [-0.2, 0) is 6.54 Å². The van der Waals surface area contributed by atoms with E-state index in [2.05, 4.69) is 28.0 Å². The number of hydrogen-bond acceptors (Lipinski definition) is 6. The highest BCUT2D eigenvalue weighted by Gasteiger charge is 2.30. The first-order valence-corrected chi connectivity index (χ1v) is 11.7. The number of pyridine rings is 1. The molecule has 0 bridgehead atoms. The van der Waals surface area contributed by atoms with Gasteiger partial charge in [0.05, 0.1) is 18.4 Å². The van der Waals surface area contributed by atoms with Gasteiger partial charge in [-0.1, -0.05) is 18.7 Å². The van der Waals surface area contributed by atoms with E-state index in [0.717, 1.165) is 4.88 Å². The summed E-state index contributed by atoms with van der Waals surface area (Å²) in [5.41, 5.74) is 1.53. The number of imidazole rings is 1. The van der Waals surface area contributed by atoms with E-state index in [1.807, 2.05) is 22.1 Å². The molecule has 3 N–H and O–H groups in total. The molecule has 4 rings (SSSR count). The summed E-state index contributed by atoms with van der Waals surface area (Å²) in [6, 6.07) is 12.6. The van der Waals surface area contributed by atoms with Gasteiger partial charge in [0.15, 0.2) is 0 Å². The fourth-order valence-electron chi connectivity index (χ4n) is 3.48. The number of halogens is 2. The number of nitrogens with one attached hydrogen (secondary N) is 2. The number of amides is 2. The maximum Gasteiger partial charge on any atom is 0.387 e. The Balaban J connectivity index is 1.70. The minimum absolute atomic E-state index is 0.0261. The van der Waals surface area contributed by atoms with Crippen LogP contribution in [0.4, 0.5) is 14.5 Å². The van der Waals surface area contributed by atoms with Crippen molar-refractivity contribution in [2.75, 3.05) is 18.5 Å². The lowest BCUT2D eigenvalue weighted by molar-refractivity contribution is -0.697. The van der Waals surface area contributed by atoms with E-state index in [1.165, 1.54) is 24.3 Å². The number of anilines is 1. The smallest absolute Gasteiger partial charge is 0.387 e. The molecule has 0 aliphatic rings. The molecule has 0 atom stereocenters. The molecule has 182 valence electrons. The van der Waals surface area contributed by atoms with Gasteiger partial charge >= 0.3 is 12.5 Å². The number of aliphatic hydroxyl groups is 1. The van der Waals surface area contributed by atoms with Crippen LogP contribution in [-0.4, -0.2) is 41.1 Å². The van der Waals surface area contributed by atoms with E-state index >= 15 is 0 Å². The van der Waals surface area contributed by atoms with E-state index in [1.54, 1.807) is 34.1 Å². The number of thiophene rings is 1. The zero-order valence-electron chi connectivity index (χ0n) is 18.1. The Morgan fingerprint density at radius 1 is 1.17 bits per heavy atom. The fourth-order valence-corrected chi connectivity index (χ4v) is 4.55. The largest absolute Gasteiger partial charge is 0.435 e. The second-order valence-corrected chi connectivity index (χ2v) is 8.77. The highest BCUT2D eigenvalue weighted by Crippen LogP contribution is 2.22. The first-order valence-electron chi connectivity index (χ1n) is 10.4. The average Bonchev–Trinajstić information content (AvgIpc) is 3.44. The maximum atomic E-state index is 13.2. The number of alkyl halides is 2. The molecular weight excluding hydrogens is 498 g/mol. The van der Waals surface area contributed by atoms with Gasteiger partial charge in [-0.15, -0.1) is 11.3 Å².